The molecule has 2 heterocycles. The maximum Gasteiger partial charge on any atom is 0.407 e. The Morgan fingerprint density at radius 2 is 2.00 bits per heavy atom. The molecule has 0 bridgehead atoms. The molecule has 1 saturated heterocycles. The van der Waals surface area contributed by atoms with Crippen LogP contribution in [0.25, 0.3) is 0 Å². The third-order valence-electron chi connectivity index (χ3n) is 5.57. The number of aromatic nitrogens is 1. The van der Waals surface area contributed by atoms with E-state index in [9.17, 15) is 17.6 Å². The highest BCUT2D eigenvalue weighted by atomic mass is 32.2. The van der Waals surface area contributed by atoms with Gasteiger partial charge in [0, 0.05) is 36.9 Å². The number of carbonyl (C=O) groups excluding carboxylic acids is 1. The van der Waals surface area contributed by atoms with E-state index < -0.39 is 21.5 Å². The molecule has 7 nitrogen and oxygen atoms in total. The molecule has 31 heavy (non-hydrogen) atoms. The Morgan fingerprint density at radius 3 is 2.65 bits per heavy atom. The van der Waals surface area contributed by atoms with Gasteiger partial charge in [0.15, 0.2) is 0 Å². The highest BCUT2D eigenvalue weighted by molar-refractivity contribution is 7.89. The molecule has 2 aromatic rings. The van der Waals surface area contributed by atoms with Crippen LogP contribution in [0.5, 0.6) is 0 Å². The van der Waals surface area contributed by atoms with E-state index in [4.69, 9.17) is 4.74 Å². The van der Waals surface area contributed by atoms with E-state index in [1.54, 1.807) is 18.3 Å². The van der Waals surface area contributed by atoms with Crippen molar-refractivity contribution in [1.82, 2.24) is 14.6 Å². The summed E-state index contributed by atoms with van der Waals surface area (Å²) in [5.41, 5.74) is 0.884. The molecule has 0 aliphatic carbocycles. The first kappa shape index (κ1) is 23.1. The summed E-state index contributed by atoms with van der Waals surface area (Å²) >= 11 is 0. The number of carbonyl (C=O) groups is 1. The van der Waals surface area contributed by atoms with Crippen LogP contribution >= 0.6 is 0 Å². The Morgan fingerprint density at radius 1 is 1.23 bits per heavy atom. The second kappa shape index (κ2) is 10.2. The van der Waals surface area contributed by atoms with Crippen molar-refractivity contribution in [2.45, 2.75) is 38.2 Å². The highest BCUT2D eigenvalue weighted by Gasteiger charge is 2.40. The van der Waals surface area contributed by atoms with Gasteiger partial charge in [-0.25, -0.2) is 21.9 Å². The Labute approximate surface area is 182 Å². The van der Waals surface area contributed by atoms with Crippen molar-refractivity contribution in [1.29, 1.82) is 0 Å². The lowest BCUT2D eigenvalue weighted by molar-refractivity contribution is 0.132. The number of ether oxygens (including phenoxy) is 1. The lowest BCUT2D eigenvalue weighted by Gasteiger charge is -2.41. The minimum absolute atomic E-state index is 0.0385. The van der Waals surface area contributed by atoms with Crippen LogP contribution in [0.1, 0.15) is 37.4 Å². The second-order valence-corrected chi connectivity index (χ2v) is 9.86. The number of pyridine rings is 1. The molecule has 1 amide bonds. The van der Waals surface area contributed by atoms with Gasteiger partial charge in [0.1, 0.15) is 12.4 Å². The van der Waals surface area contributed by atoms with Crippen LogP contribution in [-0.4, -0.2) is 49.2 Å². The van der Waals surface area contributed by atoms with E-state index in [-0.39, 0.29) is 24.7 Å². The van der Waals surface area contributed by atoms with Crippen LogP contribution in [0.2, 0.25) is 0 Å². The highest BCUT2D eigenvalue weighted by Crippen LogP contribution is 2.35. The zero-order valence-corrected chi connectivity index (χ0v) is 18.4. The molecule has 1 aromatic heterocycles. The minimum atomic E-state index is -3.27. The molecule has 1 aliphatic rings. The maximum absolute atomic E-state index is 13.3. The van der Waals surface area contributed by atoms with E-state index in [0.717, 1.165) is 5.69 Å². The number of benzene rings is 1. The largest absolute Gasteiger partial charge is 0.445 e. The molecule has 168 valence electrons. The van der Waals surface area contributed by atoms with Crippen LogP contribution in [-0.2, 0) is 26.8 Å². The predicted octanol–water partition coefficient (Wildman–Crippen LogP) is 3.22. The summed E-state index contributed by atoms with van der Waals surface area (Å²) in [6.07, 6.45) is 2.73. The number of rotatable bonds is 8. The molecule has 0 radical (unpaired) electrons. The summed E-state index contributed by atoms with van der Waals surface area (Å²) < 4.78 is 44.9. The number of sulfonamides is 1. The maximum atomic E-state index is 13.3. The predicted molar refractivity (Wildman–Crippen MR) is 115 cm³/mol. The summed E-state index contributed by atoms with van der Waals surface area (Å²) in [5.74, 6) is -0.255. The van der Waals surface area contributed by atoms with Crippen LogP contribution < -0.4 is 5.32 Å². The van der Waals surface area contributed by atoms with Crippen LogP contribution in [0, 0.1) is 5.82 Å². The molecule has 1 aliphatic heterocycles. The van der Waals surface area contributed by atoms with Gasteiger partial charge in [-0.2, -0.15) is 0 Å². The molecule has 0 saturated carbocycles. The van der Waals surface area contributed by atoms with E-state index >= 15 is 0 Å². The molecule has 1 N–H and O–H groups in total. The Bertz CT molecular complexity index is 977. The van der Waals surface area contributed by atoms with Crippen molar-refractivity contribution in [2.75, 3.05) is 25.4 Å². The van der Waals surface area contributed by atoms with E-state index in [1.807, 2.05) is 25.1 Å². The molecule has 0 spiro atoms. The summed E-state index contributed by atoms with van der Waals surface area (Å²) in [6, 6.07) is 11.5. The van der Waals surface area contributed by atoms with Gasteiger partial charge in [-0.3, -0.25) is 4.98 Å². The average Bonchev–Trinajstić information content (AvgIpc) is 2.77. The number of nitrogens with one attached hydrogen (secondary N) is 1. The minimum Gasteiger partial charge on any atom is -0.445 e. The molecule has 0 atom stereocenters. The average molecular weight is 450 g/mol. The fourth-order valence-electron chi connectivity index (χ4n) is 3.85. The molecule has 3 rings (SSSR count). The first-order valence-corrected chi connectivity index (χ1v) is 12.0. The number of halogens is 1. The summed E-state index contributed by atoms with van der Waals surface area (Å²) in [5, 5.41) is 2.79. The van der Waals surface area contributed by atoms with Gasteiger partial charge in [-0.05, 0) is 49.1 Å². The number of hydrogen-bond acceptors (Lipinski definition) is 5. The molecule has 1 fully saturated rings. The summed E-state index contributed by atoms with van der Waals surface area (Å²) in [6.45, 7) is 2.83. The number of nitrogens with zero attached hydrogens (tertiary/aromatic N) is 2. The zero-order chi connectivity index (χ0) is 22.3. The van der Waals surface area contributed by atoms with Gasteiger partial charge >= 0.3 is 6.09 Å². The number of hydrogen-bond donors (Lipinski definition) is 1. The fraction of sp³-hybridized carbons (Fsp3) is 0.455. The lowest BCUT2D eigenvalue weighted by Crippen LogP contribution is -2.51. The summed E-state index contributed by atoms with van der Waals surface area (Å²) in [7, 11) is -3.27. The van der Waals surface area contributed by atoms with Gasteiger partial charge < -0.3 is 10.1 Å². The Hall–Kier alpha value is -2.52. The normalized spacial score (nSPS) is 16.6. The van der Waals surface area contributed by atoms with Crippen molar-refractivity contribution >= 4 is 16.1 Å². The van der Waals surface area contributed by atoms with Crippen LogP contribution in [0.4, 0.5) is 9.18 Å². The Balaban J connectivity index is 1.64. The van der Waals surface area contributed by atoms with Crippen molar-refractivity contribution < 1.29 is 22.3 Å². The smallest absolute Gasteiger partial charge is 0.407 e. The third-order valence-corrected chi connectivity index (χ3v) is 7.65. The van der Waals surface area contributed by atoms with Crippen molar-refractivity contribution in [2.24, 2.45) is 0 Å². The quantitative estimate of drug-likeness (QED) is 0.669. The van der Waals surface area contributed by atoms with Crippen molar-refractivity contribution in [3.8, 4) is 0 Å². The zero-order valence-electron chi connectivity index (χ0n) is 17.6. The van der Waals surface area contributed by atoms with Gasteiger partial charge in [0.05, 0.1) is 5.75 Å². The van der Waals surface area contributed by atoms with E-state index in [0.29, 0.717) is 37.9 Å². The van der Waals surface area contributed by atoms with Gasteiger partial charge in [-0.1, -0.05) is 25.1 Å². The molecule has 0 unspecified atom stereocenters. The van der Waals surface area contributed by atoms with Gasteiger partial charge in [-0.15, -0.1) is 0 Å². The number of amides is 1. The van der Waals surface area contributed by atoms with E-state index in [1.165, 1.54) is 16.4 Å². The van der Waals surface area contributed by atoms with Gasteiger partial charge in [0.25, 0.3) is 0 Å². The van der Waals surface area contributed by atoms with Crippen molar-refractivity contribution in [3.63, 3.8) is 0 Å². The topological polar surface area (TPSA) is 88.6 Å². The molecule has 9 heteroatoms. The monoisotopic (exact) mass is 449 g/mol. The third kappa shape index (κ3) is 6.01. The molecular weight excluding hydrogens is 421 g/mol. The SMILES string of the molecule is CCCS(=O)(=O)N1CCC(CNC(=O)OCc2cccc(F)c2)(c2ccccn2)CC1. The van der Waals surface area contributed by atoms with Crippen LogP contribution in [0.3, 0.4) is 0 Å². The first-order chi connectivity index (χ1) is 14.8. The fourth-order valence-corrected chi connectivity index (χ4v) is 5.36. The van der Waals surface area contributed by atoms with Gasteiger partial charge in [0.2, 0.25) is 10.0 Å². The number of alkyl carbamates (subject to hydrolysis) is 1. The molecule has 1 aromatic carbocycles. The Kier molecular flexibility index (Phi) is 7.61. The lowest BCUT2D eigenvalue weighted by atomic mass is 9.75. The summed E-state index contributed by atoms with van der Waals surface area (Å²) in [4.78, 5) is 16.8. The standard InChI is InChI=1S/C22H28FN3O4S/c1-2-14-31(28,29)26-12-9-22(10-13-26,20-8-3-4-11-24-20)17-25-21(27)30-16-18-6-5-7-19(23)15-18/h3-8,11,15H,2,9-10,12-14,16-17H2,1H3,(H,25,27). The van der Waals surface area contributed by atoms with Crippen molar-refractivity contribution in [3.05, 3.63) is 65.7 Å². The number of piperidine rings is 1. The first-order valence-electron chi connectivity index (χ1n) is 10.4. The van der Waals surface area contributed by atoms with Crippen LogP contribution in [0.15, 0.2) is 48.7 Å². The second-order valence-electron chi connectivity index (χ2n) is 7.77. The van der Waals surface area contributed by atoms with E-state index in [2.05, 4.69) is 10.3 Å². The molecular formula is C22H28FN3O4S.